The van der Waals surface area contributed by atoms with Crippen molar-refractivity contribution < 1.29 is 14.3 Å². The van der Waals surface area contributed by atoms with Crippen LogP contribution in [0.15, 0.2) is 24.3 Å². The number of nitrogens with one attached hydrogen (secondary N) is 1. The van der Waals surface area contributed by atoms with Crippen LogP contribution >= 0.6 is 11.6 Å². The molecule has 1 aliphatic rings. The number of morpholine rings is 1. The lowest BCUT2D eigenvalue weighted by Gasteiger charge is -2.38. The third kappa shape index (κ3) is 3.70. The Bertz CT molecular complexity index is 863. The molecular weight excluding hydrogens is 368 g/mol. The van der Waals surface area contributed by atoms with Crippen LogP contribution in [-0.4, -0.2) is 46.3 Å². The van der Waals surface area contributed by atoms with Crippen LogP contribution < -0.4 is 5.32 Å². The molecule has 1 aromatic heterocycles. The van der Waals surface area contributed by atoms with Crippen LogP contribution in [0.5, 0.6) is 0 Å². The Hall–Kier alpha value is -2.38. The van der Waals surface area contributed by atoms with Crippen molar-refractivity contribution in [3.8, 4) is 0 Å². The predicted molar refractivity (Wildman–Crippen MR) is 103 cm³/mol. The van der Waals surface area contributed by atoms with Crippen LogP contribution in [0.2, 0.25) is 5.02 Å². The van der Waals surface area contributed by atoms with Crippen molar-refractivity contribution in [3.63, 3.8) is 0 Å². The molecule has 2 atom stereocenters. The number of hydrogen-bond acceptors (Lipinski definition) is 4. The topological polar surface area (TPSA) is 76.5 Å². The van der Waals surface area contributed by atoms with E-state index in [0.717, 1.165) is 17.0 Å². The van der Waals surface area contributed by atoms with Gasteiger partial charge in [0.15, 0.2) is 6.10 Å². The average molecular weight is 391 g/mol. The molecule has 0 bridgehead atoms. The quantitative estimate of drug-likeness (QED) is 0.870. The summed E-state index contributed by atoms with van der Waals surface area (Å²) in [5.74, 6) is -0.485. The number of rotatable bonds is 4. The summed E-state index contributed by atoms with van der Waals surface area (Å²) in [5.41, 5.74) is 3.09. The molecular formula is C19H23ClN4O3. The fourth-order valence-electron chi connectivity index (χ4n) is 3.37. The highest BCUT2D eigenvalue weighted by molar-refractivity contribution is 6.30. The summed E-state index contributed by atoms with van der Waals surface area (Å²) in [6.07, 6.45) is -0.836. The Balaban J connectivity index is 1.90. The van der Waals surface area contributed by atoms with Crippen LogP contribution in [0.1, 0.15) is 29.9 Å². The van der Waals surface area contributed by atoms with Gasteiger partial charge in [-0.15, -0.1) is 0 Å². The number of halogens is 1. The van der Waals surface area contributed by atoms with Crippen LogP contribution in [-0.2, 0) is 20.9 Å². The number of hydrogen-bond donors (Lipinski definition) is 1. The van der Waals surface area contributed by atoms with Gasteiger partial charge in [-0.1, -0.05) is 23.7 Å². The third-order valence-corrected chi connectivity index (χ3v) is 5.13. The van der Waals surface area contributed by atoms with E-state index >= 15 is 0 Å². The smallest absolute Gasteiger partial charge is 0.256 e. The molecule has 0 spiro atoms. The molecule has 27 heavy (non-hydrogen) atoms. The second-order valence-electron chi connectivity index (χ2n) is 6.58. The maximum absolute atomic E-state index is 13.0. The number of benzene rings is 1. The molecule has 0 saturated carbocycles. The van der Waals surface area contributed by atoms with Crippen molar-refractivity contribution in [1.82, 2.24) is 14.7 Å². The summed E-state index contributed by atoms with van der Waals surface area (Å²) in [5, 5.41) is 7.95. The molecule has 8 heteroatoms. The van der Waals surface area contributed by atoms with Crippen LogP contribution in [0.3, 0.4) is 0 Å². The zero-order valence-corrected chi connectivity index (χ0v) is 16.6. The summed E-state index contributed by atoms with van der Waals surface area (Å²) < 4.78 is 7.47. The van der Waals surface area contributed by atoms with Gasteiger partial charge in [-0.05, 0) is 38.5 Å². The summed E-state index contributed by atoms with van der Waals surface area (Å²) in [4.78, 5) is 26.7. The van der Waals surface area contributed by atoms with Crippen molar-refractivity contribution in [3.05, 3.63) is 46.2 Å². The number of nitrogens with zero attached hydrogens (tertiary/aromatic N) is 3. The number of anilines is 1. The SMILES string of the molecule is CCn1nc(C)c(NC(=O)[C@H]2OCC(=O)N(C)[C@H]2c2ccc(Cl)cc2)c1C. The van der Waals surface area contributed by atoms with E-state index in [4.69, 9.17) is 16.3 Å². The van der Waals surface area contributed by atoms with E-state index in [0.29, 0.717) is 17.3 Å². The fourth-order valence-corrected chi connectivity index (χ4v) is 3.50. The summed E-state index contributed by atoms with van der Waals surface area (Å²) in [6.45, 7) is 6.33. The summed E-state index contributed by atoms with van der Waals surface area (Å²) >= 11 is 5.97. The number of carbonyl (C=O) groups excluding carboxylic acids is 2. The number of aromatic nitrogens is 2. The van der Waals surface area contributed by atoms with Crippen molar-refractivity contribution in [2.24, 2.45) is 0 Å². The van der Waals surface area contributed by atoms with Crippen molar-refractivity contribution in [1.29, 1.82) is 0 Å². The molecule has 0 radical (unpaired) electrons. The third-order valence-electron chi connectivity index (χ3n) is 4.88. The van der Waals surface area contributed by atoms with Crippen LogP contribution in [0.25, 0.3) is 0 Å². The number of amides is 2. The van der Waals surface area contributed by atoms with Crippen molar-refractivity contribution in [2.45, 2.75) is 39.5 Å². The van der Waals surface area contributed by atoms with E-state index in [-0.39, 0.29) is 18.4 Å². The van der Waals surface area contributed by atoms with Gasteiger partial charge >= 0.3 is 0 Å². The van der Waals surface area contributed by atoms with Gasteiger partial charge in [0.25, 0.3) is 5.91 Å². The molecule has 2 amide bonds. The number of carbonyl (C=O) groups is 2. The first-order chi connectivity index (χ1) is 12.8. The Morgan fingerprint density at radius 3 is 2.59 bits per heavy atom. The molecule has 1 N–H and O–H groups in total. The lowest BCUT2D eigenvalue weighted by atomic mass is 9.97. The lowest BCUT2D eigenvalue weighted by molar-refractivity contribution is -0.160. The molecule has 0 unspecified atom stereocenters. The number of likely N-dealkylation sites (N-methyl/N-ethyl adjacent to an activating group) is 1. The predicted octanol–water partition coefficient (Wildman–Crippen LogP) is 2.71. The minimum atomic E-state index is -0.836. The molecule has 7 nitrogen and oxygen atoms in total. The zero-order valence-electron chi connectivity index (χ0n) is 15.8. The number of ether oxygens (including phenoxy) is 1. The Morgan fingerprint density at radius 2 is 2.00 bits per heavy atom. The second-order valence-corrected chi connectivity index (χ2v) is 7.02. The zero-order chi connectivity index (χ0) is 19.7. The monoisotopic (exact) mass is 390 g/mol. The van der Waals surface area contributed by atoms with Gasteiger partial charge < -0.3 is 15.0 Å². The van der Waals surface area contributed by atoms with E-state index in [1.165, 1.54) is 0 Å². The van der Waals surface area contributed by atoms with Gasteiger partial charge in [-0.25, -0.2) is 0 Å². The molecule has 3 rings (SSSR count). The molecule has 1 aliphatic heterocycles. The van der Waals surface area contributed by atoms with E-state index in [1.54, 1.807) is 36.2 Å². The molecule has 0 aliphatic carbocycles. The highest BCUT2D eigenvalue weighted by atomic mass is 35.5. The molecule has 2 heterocycles. The van der Waals surface area contributed by atoms with E-state index in [9.17, 15) is 9.59 Å². The minimum Gasteiger partial charge on any atom is -0.356 e. The van der Waals surface area contributed by atoms with Gasteiger partial charge in [0.1, 0.15) is 6.61 Å². The van der Waals surface area contributed by atoms with E-state index < -0.39 is 12.1 Å². The molecule has 2 aromatic rings. The highest BCUT2D eigenvalue weighted by Crippen LogP contribution is 2.31. The van der Waals surface area contributed by atoms with Gasteiger partial charge in [0, 0.05) is 18.6 Å². The van der Waals surface area contributed by atoms with Crippen molar-refractivity contribution >= 4 is 29.1 Å². The second kappa shape index (κ2) is 7.70. The summed E-state index contributed by atoms with van der Waals surface area (Å²) in [7, 11) is 1.68. The number of aryl methyl sites for hydroxylation is 2. The first kappa shape index (κ1) is 19.4. The molecule has 144 valence electrons. The highest BCUT2D eigenvalue weighted by Gasteiger charge is 2.40. The molecule has 1 fully saturated rings. The maximum atomic E-state index is 13.0. The first-order valence-electron chi connectivity index (χ1n) is 8.81. The van der Waals surface area contributed by atoms with E-state index in [1.807, 2.05) is 25.5 Å². The van der Waals surface area contributed by atoms with Gasteiger partial charge in [0.05, 0.1) is 23.1 Å². The Kier molecular flexibility index (Phi) is 5.53. The fraction of sp³-hybridized carbons (Fsp3) is 0.421. The minimum absolute atomic E-state index is 0.134. The standard InChI is InChI=1S/C19H23ClN4O3/c1-5-24-12(3)16(11(2)22-24)21-19(26)18-17(23(4)15(25)10-27-18)13-6-8-14(20)9-7-13/h6-9,17-18H,5,10H2,1-4H3,(H,21,26)/t17-,18-/m0/s1. The Morgan fingerprint density at radius 1 is 1.33 bits per heavy atom. The maximum Gasteiger partial charge on any atom is 0.256 e. The van der Waals surface area contributed by atoms with Gasteiger partial charge in [-0.2, -0.15) is 5.10 Å². The normalized spacial score (nSPS) is 20.0. The lowest BCUT2D eigenvalue weighted by Crippen LogP contribution is -2.51. The average Bonchev–Trinajstić information content (AvgIpc) is 2.92. The largest absolute Gasteiger partial charge is 0.356 e. The molecule has 1 aromatic carbocycles. The van der Waals surface area contributed by atoms with Gasteiger partial charge in [0.2, 0.25) is 5.91 Å². The van der Waals surface area contributed by atoms with E-state index in [2.05, 4.69) is 10.4 Å². The van der Waals surface area contributed by atoms with Crippen LogP contribution in [0, 0.1) is 13.8 Å². The van der Waals surface area contributed by atoms with Crippen LogP contribution in [0.4, 0.5) is 5.69 Å². The first-order valence-corrected chi connectivity index (χ1v) is 9.18. The van der Waals surface area contributed by atoms with Crippen molar-refractivity contribution in [2.75, 3.05) is 19.0 Å². The molecule has 1 saturated heterocycles. The van der Waals surface area contributed by atoms with Gasteiger partial charge in [-0.3, -0.25) is 14.3 Å². The Labute approximate surface area is 163 Å². The summed E-state index contributed by atoms with van der Waals surface area (Å²) in [6, 6.07) is 6.54.